The Kier molecular flexibility index (Phi) is 4.96. The Morgan fingerprint density at radius 1 is 1.21 bits per heavy atom. The molecule has 0 saturated heterocycles. The van der Waals surface area contributed by atoms with Crippen molar-refractivity contribution in [3.8, 4) is 0 Å². The number of aliphatic carboxylic acids is 1. The molecule has 6 heteroatoms. The molecule has 2 N–H and O–H groups in total. The van der Waals surface area contributed by atoms with Gasteiger partial charge in [0, 0.05) is 28.0 Å². The van der Waals surface area contributed by atoms with Crippen LogP contribution in [0.15, 0.2) is 64.4 Å². The van der Waals surface area contributed by atoms with E-state index in [9.17, 15) is 9.90 Å². The minimum atomic E-state index is -1.09. The van der Waals surface area contributed by atoms with E-state index in [2.05, 4.69) is 26.1 Å². The summed E-state index contributed by atoms with van der Waals surface area (Å²) >= 11 is 3.43. The van der Waals surface area contributed by atoms with E-state index in [4.69, 9.17) is 4.84 Å². The number of rotatable bonds is 6. The summed E-state index contributed by atoms with van der Waals surface area (Å²) in [5, 5.41) is 14.1. The Hall–Kier alpha value is -2.60. The fourth-order valence-electron chi connectivity index (χ4n) is 2.38. The Morgan fingerprint density at radius 2 is 2.00 bits per heavy atom. The first-order valence-electron chi connectivity index (χ1n) is 7.35. The lowest BCUT2D eigenvalue weighted by molar-refractivity contribution is -0.129. The van der Waals surface area contributed by atoms with Gasteiger partial charge in [-0.05, 0) is 29.3 Å². The number of oxime groups is 1. The molecule has 0 unspecified atom stereocenters. The van der Waals surface area contributed by atoms with Gasteiger partial charge in [0.1, 0.15) is 6.61 Å². The maximum atomic E-state index is 11.4. The first-order valence-corrected chi connectivity index (χ1v) is 8.14. The van der Waals surface area contributed by atoms with E-state index in [1.54, 1.807) is 6.20 Å². The van der Waals surface area contributed by atoms with Crippen molar-refractivity contribution >= 4 is 38.5 Å². The predicted octanol–water partition coefficient (Wildman–Crippen LogP) is 4.13. The minimum absolute atomic E-state index is 0.0354. The van der Waals surface area contributed by atoms with Crippen molar-refractivity contribution in [2.45, 2.75) is 13.0 Å². The molecule has 0 amide bonds. The zero-order chi connectivity index (χ0) is 16.9. The maximum Gasteiger partial charge on any atom is 0.354 e. The summed E-state index contributed by atoms with van der Waals surface area (Å²) in [6.07, 6.45) is 1.98. The summed E-state index contributed by atoms with van der Waals surface area (Å²) in [6.45, 7) is 0.233. The molecule has 0 aliphatic rings. The van der Waals surface area contributed by atoms with Crippen LogP contribution in [0.2, 0.25) is 0 Å². The number of halogens is 1. The second-order valence-corrected chi connectivity index (χ2v) is 6.20. The van der Waals surface area contributed by atoms with Crippen LogP contribution in [0.1, 0.15) is 11.1 Å². The number of H-pyrrole nitrogens is 1. The highest BCUT2D eigenvalue weighted by molar-refractivity contribution is 9.10. The summed E-state index contributed by atoms with van der Waals surface area (Å²) in [5.41, 5.74) is 2.70. The highest BCUT2D eigenvalue weighted by Gasteiger charge is 2.15. The van der Waals surface area contributed by atoms with Gasteiger partial charge in [0.2, 0.25) is 0 Å². The highest BCUT2D eigenvalue weighted by Crippen LogP contribution is 2.23. The van der Waals surface area contributed by atoms with Crippen molar-refractivity contribution in [3.63, 3.8) is 0 Å². The quantitative estimate of drug-likeness (QED) is 0.493. The zero-order valence-electron chi connectivity index (χ0n) is 12.7. The molecule has 122 valence electrons. The summed E-state index contributed by atoms with van der Waals surface area (Å²) < 4.78 is 0.935. The molecular formula is C18H15BrN2O3. The largest absolute Gasteiger partial charge is 0.477 e. The molecule has 1 heterocycles. The first-order chi connectivity index (χ1) is 11.6. The molecule has 3 rings (SSSR count). The van der Waals surface area contributed by atoms with Crippen LogP contribution in [-0.2, 0) is 22.7 Å². The van der Waals surface area contributed by atoms with Gasteiger partial charge in [0.15, 0.2) is 5.71 Å². The third kappa shape index (κ3) is 3.83. The summed E-state index contributed by atoms with van der Waals surface area (Å²) in [4.78, 5) is 19.8. The fourth-order valence-corrected chi connectivity index (χ4v) is 2.74. The van der Waals surface area contributed by atoms with Gasteiger partial charge in [-0.2, -0.15) is 0 Å². The Labute approximate surface area is 147 Å². The summed E-state index contributed by atoms with van der Waals surface area (Å²) in [7, 11) is 0. The molecule has 0 radical (unpaired) electrons. The molecular weight excluding hydrogens is 372 g/mol. The number of carboxylic acids is 1. The van der Waals surface area contributed by atoms with E-state index >= 15 is 0 Å². The van der Waals surface area contributed by atoms with Crippen LogP contribution < -0.4 is 0 Å². The van der Waals surface area contributed by atoms with Gasteiger partial charge in [-0.15, -0.1) is 0 Å². The molecule has 0 aliphatic carbocycles. The average molecular weight is 387 g/mol. The minimum Gasteiger partial charge on any atom is -0.477 e. The van der Waals surface area contributed by atoms with Gasteiger partial charge in [-0.1, -0.05) is 51.4 Å². The van der Waals surface area contributed by atoms with Crippen molar-refractivity contribution in [1.29, 1.82) is 0 Å². The monoisotopic (exact) mass is 386 g/mol. The number of nitrogens with one attached hydrogen (secondary N) is 1. The van der Waals surface area contributed by atoms with Crippen LogP contribution >= 0.6 is 15.9 Å². The Balaban J connectivity index is 1.77. The van der Waals surface area contributed by atoms with Gasteiger partial charge in [-0.25, -0.2) is 4.79 Å². The van der Waals surface area contributed by atoms with Gasteiger partial charge in [0.25, 0.3) is 0 Å². The van der Waals surface area contributed by atoms with E-state index in [-0.39, 0.29) is 18.7 Å². The summed E-state index contributed by atoms with van der Waals surface area (Å²) in [5.74, 6) is -1.09. The van der Waals surface area contributed by atoms with E-state index < -0.39 is 5.97 Å². The van der Waals surface area contributed by atoms with Crippen molar-refractivity contribution in [2.75, 3.05) is 0 Å². The lowest BCUT2D eigenvalue weighted by Gasteiger charge is -2.03. The number of nitrogens with zero attached hydrogens (tertiary/aromatic N) is 1. The zero-order valence-corrected chi connectivity index (χ0v) is 14.3. The third-order valence-corrected chi connectivity index (χ3v) is 4.08. The average Bonchev–Trinajstić information content (AvgIpc) is 2.97. The van der Waals surface area contributed by atoms with Crippen LogP contribution in [0.25, 0.3) is 10.9 Å². The molecule has 0 fully saturated rings. The predicted molar refractivity (Wildman–Crippen MR) is 96.0 cm³/mol. The van der Waals surface area contributed by atoms with E-state index in [1.807, 2.05) is 48.5 Å². The van der Waals surface area contributed by atoms with Crippen molar-refractivity contribution < 1.29 is 14.7 Å². The lowest BCUT2D eigenvalue weighted by Crippen LogP contribution is -2.16. The first kappa shape index (κ1) is 16.3. The number of fused-ring (bicyclic) bond motifs is 1. The second-order valence-electron chi connectivity index (χ2n) is 5.28. The molecule has 0 aliphatic heterocycles. The fraction of sp³-hybridized carbons (Fsp3) is 0.111. The number of aromatic nitrogens is 1. The third-order valence-electron chi connectivity index (χ3n) is 3.58. The molecule has 0 bridgehead atoms. The number of hydrogen-bond acceptors (Lipinski definition) is 3. The molecule has 0 spiro atoms. The highest BCUT2D eigenvalue weighted by atomic mass is 79.9. The van der Waals surface area contributed by atoms with E-state index in [1.165, 1.54) is 0 Å². The standard InChI is InChI=1S/C18H15BrN2O3/c19-14-6-7-16-15(9-14)13(10-20-16)8-17(18(22)23)21-24-11-12-4-2-1-3-5-12/h1-7,9-10,20H,8,11H2,(H,22,23)/b21-17+. The maximum absolute atomic E-state index is 11.4. The van der Waals surface area contributed by atoms with Crippen LogP contribution in [0.3, 0.4) is 0 Å². The van der Waals surface area contributed by atoms with Crippen LogP contribution in [0, 0.1) is 0 Å². The van der Waals surface area contributed by atoms with Gasteiger partial charge < -0.3 is 14.9 Å². The summed E-state index contributed by atoms with van der Waals surface area (Å²) in [6, 6.07) is 15.3. The topological polar surface area (TPSA) is 74.7 Å². The number of benzene rings is 2. The van der Waals surface area contributed by atoms with Crippen molar-refractivity contribution in [1.82, 2.24) is 4.98 Å². The number of carboxylic acid groups (broad SMARTS) is 1. The number of aromatic amines is 1. The number of carbonyl (C=O) groups is 1. The molecule has 0 saturated carbocycles. The molecule has 3 aromatic rings. The molecule has 24 heavy (non-hydrogen) atoms. The van der Waals surface area contributed by atoms with Gasteiger partial charge in [-0.3, -0.25) is 0 Å². The SMILES string of the molecule is O=C(O)/C(Cc1c[nH]c2ccc(Br)cc12)=N/OCc1ccccc1. The molecule has 2 aromatic carbocycles. The second kappa shape index (κ2) is 7.31. The van der Waals surface area contributed by atoms with E-state index in [0.717, 1.165) is 26.5 Å². The van der Waals surface area contributed by atoms with E-state index in [0.29, 0.717) is 0 Å². The molecule has 5 nitrogen and oxygen atoms in total. The van der Waals surface area contributed by atoms with Crippen LogP contribution in [0.4, 0.5) is 0 Å². The molecule has 0 atom stereocenters. The van der Waals surface area contributed by atoms with Gasteiger partial charge in [0.05, 0.1) is 0 Å². The molecule has 1 aromatic heterocycles. The van der Waals surface area contributed by atoms with Crippen molar-refractivity contribution in [2.24, 2.45) is 5.16 Å². The Morgan fingerprint density at radius 3 is 2.75 bits per heavy atom. The lowest BCUT2D eigenvalue weighted by atomic mass is 10.1. The van der Waals surface area contributed by atoms with Crippen LogP contribution in [-0.4, -0.2) is 21.8 Å². The van der Waals surface area contributed by atoms with Crippen LogP contribution in [0.5, 0.6) is 0 Å². The Bertz CT molecular complexity index is 888. The number of hydrogen-bond donors (Lipinski definition) is 2. The smallest absolute Gasteiger partial charge is 0.354 e. The normalized spacial score (nSPS) is 11.6. The van der Waals surface area contributed by atoms with Gasteiger partial charge >= 0.3 is 5.97 Å². The van der Waals surface area contributed by atoms with Crippen molar-refractivity contribution in [3.05, 3.63) is 70.3 Å².